The molecule has 1 N–H and O–H groups in total. The van der Waals surface area contributed by atoms with Gasteiger partial charge in [-0.2, -0.15) is 0 Å². The summed E-state index contributed by atoms with van der Waals surface area (Å²) in [6.45, 7) is 5.32. The topological polar surface area (TPSA) is 73.3 Å². The van der Waals surface area contributed by atoms with E-state index in [1.165, 1.54) is 0 Å². The Morgan fingerprint density at radius 1 is 0.875 bits per heavy atom. The second-order valence-corrected chi connectivity index (χ2v) is 7.12. The number of rotatable bonds is 8. The third-order valence-electron chi connectivity index (χ3n) is 4.95. The van der Waals surface area contributed by atoms with E-state index >= 15 is 0 Å². The van der Waals surface area contributed by atoms with Crippen LogP contribution in [0.4, 0.5) is 0 Å². The largest absolute Gasteiger partial charge is 0.490 e. The molecule has 0 aliphatic carbocycles. The summed E-state index contributed by atoms with van der Waals surface area (Å²) in [5, 5.41) is 3.82. The third-order valence-corrected chi connectivity index (χ3v) is 4.95. The number of hydrogen-bond donors (Lipinski definition) is 1. The number of carbonyl (C=O) groups is 1. The highest BCUT2D eigenvalue weighted by atomic mass is 16.5. The van der Waals surface area contributed by atoms with Gasteiger partial charge < -0.3 is 14.8 Å². The van der Waals surface area contributed by atoms with E-state index in [0.717, 1.165) is 22.2 Å². The number of carbonyl (C=O) groups excluding carboxylic acids is 1. The highest BCUT2D eigenvalue weighted by molar-refractivity contribution is 6.07. The van der Waals surface area contributed by atoms with Crippen molar-refractivity contribution in [1.29, 1.82) is 0 Å². The molecule has 4 rings (SSSR count). The molecule has 0 spiro atoms. The van der Waals surface area contributed by atoms with Crippen LogP contribution in [0.15, 0.2) is 72.9 Å². The second-order valence-electron chi connectivity index (χ2n) is 7.12. The molecule has 6 nitrogen and oxygen atoms in total. The quantitative estimate of drug-likeness (QED) is 0.427. The summed E-state index contributed by atoms with van der Waals surface area (Å²) in [6.07, 6.45) is 1.72. The van der Waals surface area contributed by atoms with Gasteiger partial charge in [-0.3, -0.25) is 9.78 Å². The van der Waals surface area contributed by atoms with Crippen molar-refractivity contribution in [3.63, 3.8) is 0 Å². The van der Waals surface area contributed by atoms with Gasteiger partial charge in [0.25, 0.3) is 5.91 Å². The molecule has 0 aliphatic rings. The van der Waals surface area contributed by atoms with E-state index in [4.69, 9.17) is 14.5 Å². The Bertz CT molecular complexity index is 1230. The fraction of sp³-hybridized carbons (Fsp3) is 0.192. The first-order valence-electron chi connectivity index (χ1n) is 10.7. The van der Waals surface area contributed by atoms with Crippen LogP contribution in [0.25, 0.3) is 22.3 Å². The number of aromatic nitrogens is 2. The lowest BCUT2D eigenvalue weighted by atomic mass is 10.1. The van der Waals surface area contributed by atoms with E-state index < -0.39 is 0 Å². The first-order valence-corrected chi connectivity index (χ1v) is 10.7. The molecule has 6 heteroatoms. The number of hydrogen-bond acceptors (Lipinski definition) is 5. The maximum absolute atomic E-state index is 13.2. The van der Waals surface area contributed by atoms with Crippen LogP contribution in [0, 0.1) is 0 Å². The number of pyridine rings is 2. The van der Waals surface area contributed by atoms with Gasteiger partial charge in [-0.05, 0) is 55.8 Å². The first kappa shape index (κ1) is 21.3. The first-order chi connectivity index (χ1) is 15.7. The Hall–Kier alpha value is -3.93. The van der Waals surface area contributed by atoms with Gasteiger partial charge in [-0.1, -0.05) is 30.3 Å². The minimum atomic E-state index is -0.173. The van der Waals surface area contributed by atoms with Crippen molar-refractivity contribution in [2.45, 2.75) is 20.4 Å². The van der Waals surface area contributed by atoms with Crippen LogP contribution in [0.1, 0.15) is 29.8 Å². The lowest BCUT2D eigenvalue weighted by Crippen LogP contribution is -2.23. The van der Waals surface area contributed by atoms with Crippen molar-refractivity contribution in [2.75, 3.05) is 13.2 Å². The molecule has 4 aromatic rings. The van der Waals surface area contributed by atoms with Crippen molar-refractivity contribution in [3.8, 4) is 22.9 Å². The van der Waals surface area contributed by atoms with Gasteiger partial charge in [0.15, 0.2) is 11.5 Å². The zero-order chi connectivity index (χ0) is 22.3. The second kappa shape index (κ2) is 9.92. The average Bonchev–Trinajstić information content (AvgIpc) is 2.84. The van der Waals surface area contributed by atoms with E-state index in [9.17, 15) is 4.79 Å². The molecule has 0 radical (unpaired) electrons. The molecule has 0 bridgehead atoms. The summed E-state index contributed by atoms with van der Waals surface area (Å²) >= 11 is 0. The van der Waals surface area contributed by atoms with Crippen molar-refractivity contribution in [1.82, 2.24) is 15.3 Å². The van der Waals surface area contributed by atoms with Crippen LogP contribution < -0.4 is 14.8 Å². The average molecular weight is 428 g/mol. The van der Waals surface area contributed by atoms with Gasteiger partial charge >= 0.3 is 0 Å². The molecule has 2 heterocycles. The predicted octanol–water partition coefficient (Wildman–Crippen LogP) is 5.02. The summed E-state index contributed by atoms with van der Waals surface area (Å²) in [6, 6.07) is 20.8. The van der Waals surface area contributed by atoms with E-state index in [1.807, 2.05) is 74.5 Å². The minimum Gasteiger partial charge on any atom is -0.490 e. The van der Waals surface area contributed by atoms with E-state index in [1.54, 1.807) is 12.3 Å². The molecule has 0 atom stereocenters. The molecule has 0 saturated heterocycles. The van der Waals surface area contributed by atoms with Gasteiger partial charge in [0.2, 0.25) is 0 Å². The molecule has 0 saturated carbocycles. The lowest BCUT2D eigenvalue weighted by Gasteiger charge is -2.13. The summed E-state index contributed by atoms with van der Waals surface area (Å²) in [7, 11) is 0. The molecule has 1 amide bonds. The molecule has 32 heavy (non-hydrogen) atoms. The Morgan fingerprint density at radius 2 is 1.66 bits per heavy atom. The van der Waals surface area contributed by atoms with Crippen LogP contribution in [0.5, 0.6) is 11.5 Å². The summed E-state index contributed by atoms with van der Waals surface area (Å²) in [5.74, 6) is 1.20. The minimum absolute atomic E-state index is 0.173. The number of fused-ring (bicyclic) bond motifs is 1. The number of amides is 1. The zero-order valence-corrected chi connectivity index (χ0v) is 18.2. The number of benzene rings is 2. The number of ether oxygens (including phenoxy) is 2. The SMILES string of the molecule is CCOc1ccc(CNC(=O)c2cc(-c3ccccn3)nc3ccccc23)cc1OCC. The molecular formula is C26H25N3O3. The standard InChI is InChI=1S/C26H25N3O3/c1-3-31-24-13-12-18(15-25(24)32-4-2)17-28-26(30)20-16-23(22-11-7-8-14-27-22)29-21-10-6-5-9-19(20)21/h5-16H,3-4,17H2,1-2H3,(H,28,30). The Morgan fingerprint density at radius 3 is 2.44 bits per heavy atom. The Labute approximate surface area is 187 Å². The molecule has 0 aliphatic heterocycles. The maximum Gasteiger partial charge on any atom is 0.252 e. The molecule has 2 aromatic heterocycles. The van der Waals surface area contributed by atoms with Crippen molar-refractivity contribution < 1.29 is 14.3 Å². The number of para-hydroxylation sites is 1. The predicted molar refractivity (Wildman–Crippen MR) is 125 cm³/mol. The molecule has 0 unspecified atom stereocenters. The number of nitrogens with one attached hydrogen (secondary N) is 1. The summed E-state index contributed by atoms with van der Waals surface area (Å²) < 4.78 is 11.3. The Kier molecular flexibility index (Phi) is 6.60. The van der Waals surface area contributed by atoms with E-state index in [0.29, 0.717) is 42.5 Å². The smallest absolute Gasteiger partial charge is 0.252 e. The third kappa shape index (κ3) is 4.70. The highest BCUT2D eigenvalue weighted by Gasteiger charge is 2.15. The van der Waals surface area contributed by atoms with Crippen LogP contribution >= 0.6 is 0 Å². The fourth-order valence-corrected chi connectivity index (χ4v) is 3.49. The van der Waals surface area contributed by atoms with E-state index in [2.05, 4.69) is 10.3 Å². The van der Waals surface area contributed by atoms with Gasteiger partial charge in [0, 0.05) is 18.1 Å². The van der Waals surface area contributed by atoms with Crippen LogP contribution in [-0.2, 0) is 6.54 Å². The van der Waals surface area contributed by atoms with Gasteiger partial charge in [-0.25, -0.2) is 4.98 Å². The summed E-state index contributed by atoms with van der Waals surface area (Å²) in [4.78, 5) is 22.3. The molecular weight excluding hydrogens is 402 g/mol. The van der Waals surface area contributed by atoms with E-state index in [-0.39, 0.29) is 5.91 Å². The lowest BCUT2D eigenvalue weighted by molar-refractivity contribution is 0.0952. The van der Waals surface area contributed by atoms with Crippen molar-refractivity contribution >= 4 is 16.8 Å². The zero-order valence-electron chi connectivity index (χ0n) is 18.2. The normalized spacial score (nSPS) is 10.7. The number of nitrogens with zero attached hydrogens (tertiary/aromatic N) is 2. The molecule has 0 fully saturated rings. The maximum atomic E-state index is 13.2. The monoisotopic (exact) mass is 427 g/mol. The van der Waals surface area contributed by atoms with Gasteiger partial charge in [-0.15, -0.1) is 0 Å². The highest BCUT2D eigenvalue weighted by Crippen LogP contribution is 2.29. The van der Waals surface area contributed by atoms with Gasteiger partial charge in [0.1, 0.15) is 0 Å². The van der Waals surface area contributed by atoms with Crippen LogP contribution in [0.2, 0.25) is 0 Å². The molecule has 162 valence electrons. The van der Waals surface area contributed by atoms with Crippen molar-refractivity contribution in [3.05, 3.63) is 84.1 Å². The fourth-order valence-electron chi connectivity index (χ4n) is 3.49. The molecule has 2 aromatic carbocycles. The summed E-state index contributed by atoms with van der Waals surface area (Å²) in [5.41, 5.74) is 3.62. The Balaban J connectivity index is 1.61. The van der Waals surface area contributed by atoms with Crippen LogP contribution in [0.3, 0.4) is 0 Å². The van der Waals surface area contributed by atoms with Crippen LogP contribution in [-0.4, -0.2) is 29.1 Å². The van der Waals surface area contributed by atoms with Crippen molar-refractivity contribution in [2.24, 2.45) is 0 Å². The van der Waals surface area contributed by atoms with Gasteiger partial charge in [0.05, 0.1) is 35.7 Å².